The minimum absolute atomic E-state index is 0.240. The van der Waals surface area contributed by atoms with Gasteiger partial charge in [0, 0.05) is 10.6 Å². The zero-order valence-corrected chi connectivity index (χ0v) is 13.5. The van der Waals surface area contributed by atoms with Crippen molar-refractivity contribution in [2.75, 3.05) is 12.0 Å². The molecule has 2 aromatic rings. The van der Waals surface area contributed by atoms with E-state index in [9.17, 15) is 14.9 Å². The number of nitrogens with zero attached hydrogens (tertiary/aromatic N) is 2. The molecule has 1 amide bonds. The SMILES string of the molecule is COc1ccc(N2C(=O)[C@@H](C)[C@H]([N+](=O)[O-])[C@H]2c2ccccc2)cc1. The first kappa shape index (κ1) is 16.0. The van der Waals surface area contributed by atoms with Crippen molar-refractivity contribution in [1.29, 1.82) is 0 Å². The normalized spacial score (nSPS) is 23.3. The van der Waals surface area contributed by atoms with Gasteiger partial charge in [-0.15, -0.1) is 0 Å². The van der Waals surface area contributed by atoms with Crippen LogP contribution in [0, 0.1) is 16.0 Å². The Hall–Kier alpha value is -2.89. The minimum atomic E-state index is -0.984. The van der Waals surface area contributed by atoms with E-state index in [2.05, 4.69) is 0 Å². The molecule has 6 nitrogen and oxygen atoms in total. The molecule has 0 spiro atoms. The molecule has 3 rings (SSSR count). The molecule has 6 heteroatoms. The maximum atomic E-state index is 12.7. The standard InChI is InChI=1S/C18H18N2O4/c1-12-16(20(22)23)17(13-6-4-3-5-7-13)19(18(12)21)14-8-10-15(24-2)11-9-14/h3-12,16-17H,1-2H3/t12-,16-,17+/m0/s1. The van der Waals surface area contributed by atoms with E-state index in [0.717, 1.165) is 5.56 Å². The highest BCUT2D eigenvalue weighted by atomic mass is 16.6. The van der Waals surface area contributed by atoms with Crippen LogP contribution in [-0.2, 0) is 4.79 Å². The lowest BCUT2D eigenvalue weighted by Gasteiger charge is -2.25. The number of benzene rings is 2. The van der Waals surface area contributed by atoms with E-state index in [0.29, 0.717) is 11.4 Å². The lowest BCUT2D eigenvalue weighted by Crippen LogP contribution is -2.33. The molecule has 0 radical (unpaired) electrons. The summed E-state index contributed by atoms with van der Waals surface area (Å²) < 4.78 is 5.14. The van der Waals surface area contributed by atoms with Gasteiger partial charge in [-0.05, 0) is 36.8 Å². The van der Waals surface area contributed by atoms with Crippen LogP contribution in [0.25, 0.3) is 0 Å². The second-order valence-corrected chi connectivity index (χ2v) is 5.83. The van der Waals surface area contributed by atoms with Crippen LogP contribution >= 0.6 is 0 Å². The van der Waals surface area contributed by atoms with Gasteiger partial charge in [0.1, 0.15) is 17.7 Å². The van der Waals surface area contributed by atoms with Crippen LogP contribution in [-0.4, -0.2) is 24.0 Å². The number of methoxy groups -OCH3 is 1. The lowest BCUT2D eigenvalue weighted by molar-refractivity contribution is -0.529. The Bertz CT molecular complexity index is 745. The molecule has 0 aliphatic carbocycles. The number of carbonyl (C=O) groups excluding carboxylic acids is 1. The fourth-order valence-electron chi connectivity index (χ4n) is 3.25. The summed E-state index contributed by atoms with van der Waals surface area (Å²) >= 11 is 0. The summed E-state index contributed by atoms with van der Waals surface area (Å²) in [6.07, 6.45) is 0. The predicted molar refractivity (Wildman–Crippen MR) is 89.6 cm³/mol. The van der Waals surface area contributed by atoms with Crippen LogP contribution in [0.4, 0.5) is 5.69 Å². The number of carbonyl (C=O) groups is 1. The van der Waals surface area contributed by atoms with Gasteiger partial charge in [-0.25, -0.2) is 0 Å². The molecule has 0 N–H and O–H groups in total. The third-order valence-electron chi connectivity index (χ3n) is 4.48. The number of nitro groups is 1. The van der Waals surface area contributed by atoms with Crippen molar-refractivity contribution in [2.24, 2.45) is 5.92 Å². The maximum Gasteiger partial charge on any atom is 0.248 e. The highest BCUT2D eigenvalue weighted by Gasteiger charge is 2.54. The first-order chi connectivity index (χ1) is 11.5. The molecule has 0 saturated carbocycles. The van der Waals surface area contributed by atoms with Gasteiger partial charge >= 0.3 is 0 Å². The number of ether oxygens (including phenoxy) is 1. The molecule has 0 aromatic heterocycles. The Morgan fingerprint density at radius 3 is 2.25 bits per heavy atom. The Balaban J connectivity index is 2.09. The van der Waals surface area contributed by atoms with Crippen LogP contribution < -0.4 is 9.64 Å². The topological polar surface area (TPSA) is 72.7 Å². The summed E-state index contributed by atoms with van der Waals surface area (Å²) in [7, 11) is 1.56. The van der Waals surface area contributed by atoms with Crippen molar-refractivity contribution in [2.45, 2.75) is 19.0 Å². The smallest absolute Gasteiger partial charge is 0.248 e. The Labute approximate surface area is 139 Å². The molecule has 3 atom stereocenters. The van der Waals surface area contributed by atoms with Gasteiger partial charge in [0.05, 0.1) is 7.11 Å². The van der Waals surface area contributed by atoms with E-state index in [1.54, 1.807) is 38.3 Å². The molecular weight excluding hydrogens is 308 g/mol. The average molecular weight is 326 g/mol. The molecule has 124 valence electrons. The molecule has 1 aliphatic heterocycles. The first-order valence-electron chi connectivity index (χ1n) is 7.70. The van der Waals surface area contributed by atoms with E-state index in [1.165, 1.54) is 4.90 Å². The second kappa shape index (κ2) is 6.31. The fraction of sp³-hybridized carbons (Fsp3) is 0.278. The molecule has 1 aliphatic rings. The second-order valence-electron chi connectivity index (χ2n) is 5.83. The monoisotopic (exact) mass is 326 g/mol. The van der Waals surface area contributed by atoms with Gasteiger partial charge in [-0.2, -0.15) is 0 Å². The van der Waals surface area contributed by atoms with Gasteiger partial charge in [0.15, 0.2) is 0 Å². The third-order valence-corrected chi connectivity index (χ3v) is 4.48. The van der Waals surface area contributed by atoms with Crippen molar-refractivity contribution < 1.29 is 14.5 Å². The van der Waals surface area contributed by atoms with Crippen LogP contribution in [0.15, 0.2) is 54.6 Å². The van der Waals surface area contributed by atoms with E-state index >= 15 is 0 Å². The summed E-state index contributed by atoms with van der Waals surface area (Å²) in [6.45, 7) is 1.62. The number of rotatable bonds is 4. The summed E-state index contributed by atoms with van der Waals surface area (Å²) in [6, 6.07) is 14.5. The maximum absolute atomic E-state index is 12.7. The Morgan fingerprint density at radius 1 is 1.08 bits per heavy atom. The molecule has 1 heterocycles. The third kappa shape index (κ3) is 2.60. The van der Waals surface area contributed by atoms with E-state index < -0.39 is 18.0 Å². The van der Waals surface area contributed by atoms with Crippen LogP contribution in [0.2, 0.25) is 0 Å². The predicted octanol–water partition coefficient (Wildman–Crippen LogP) is 3.06. The van der Waals surface area contributed by atoms with Gasteiger partial charge in [-0.1, -0.05) is 30.3 Å². The minimum Gasteiger partial charge on any atom is -0.497 e. The average Bonchev–Trinajstić information content (AvgIpc) is 2.87. The number of hydrogen-bond donors (Lipinski definition) is 0. The molecule has 0 bridgehead atoms. The number of anilines is 1. The van der Waals surface area contributed by atoms with E-state index in [1.807, 2.05) is 30.3 Å². The van der Waals surface area contributed by atoms with Gasteiger partial charge in [-0.3, -0.25) is 19.8 Å². The quantitative estimate of drug-likeness (QED) is 0.639. The van der Waals surface area contributed by atoms with Crippen molar-refractivity contribution in [1.82, 2.24) is 0 Å². The number of hydrogen-bond acceptors (Lipinski definition) is 4. The fourth-order valence-corrected chi connectivity index (χ4v) is 3.25. The highest BCUT2D eigenvalue weighted by Crippen LogP contribution is 2.41. The Kier molecular flexibility index (Phi) is 4.20. The van der Waals surface area contributed by atoms with Crippen LogP contribution in [0.3, 0.4) is 0 Å². The Morgan fingerprint density at radius 2 is 1.71 bits per heavy atom. The van der Waals surface area contributed by atoms with Crippen molar-refractivity contribution >= 4 is 11.6 Å². The van der Waals surface area contributed by atoms with Crippen molar-refractivity contribution in [3.8, 4) is 5.75 Å². The summed E-state index contributed by atoms with van der Waals surface area (Å²) in [4.78, 5) is 25.6. The molecule has 2 aromatic carbocycles. The van der Waals surface area contributed by atoms with Crippen LogP contribution in [0.5, 0.6) is 5.75 Å². The van der Waals surface area contributed by atoms with Gasteiger partial charge in [0.25, 0.3) is 0 Å². The van der Waals surface area contributed by atoms with Crippen molar-refractivity contribution in [3.63, 3.8) is 0 Å². The zero-order valence-electron chi connectivity index (χ0n) is 13.5. The molecule has 24 heavy (non-hydrogen) atoms. The summed E-state index contributed by atoms with van der Waals surface area (Å²) in [5, 5.41) is 11.6. The zero-order chi connectivity index (χ0) is 17.3. The molecular formula is C18H18N2O4. The van der Waals surface area contributed by atoms with Gasteiger partial charge < -0.3 is 4.74 Å². The van der Waals surface area contributed by atoms with Gasteiger partial charge in [0.2, 0.25) is 11.9 Å². The summed E-state index contributed by atoms with van der Waals surface area (Å²) in [5.41, 5.74) is 1.39. The molecule has 0 unspecified atom stereocenters. The molecule has 1 saturated heterocycles. The first-order valence-corrected chi connectivity index (χ1v) is 7.70. The molecule has 1 fully saturated rings. The van der Waals surface area contributed by atoms with Crippen molar-refractivity contribution in [3.05, 3.63) is 70.3 Å². The largest absolute Gasteiger partial charge is 0.497 e. The summed E-state index contributed by atoms with van der Waals surface area (Å²) in [5.74, 6) is -0.261. The van der Waals surface area contributed by atoms with Crippen LogP contribution in [0.1, 0.15) is 18.5 Å². The van der Waals surface area contributed by atoms with E-state index in [-0.39, 0.29) is 10.8 Å². The highest BCUT2D eigenvalue weighted by molar-refractivity contribution is 5.98. The number of amides is 1. The lowest BCUT2D eigenvalue weighted by atomic mass is 9.95. The van der Waals surface area contributed by atoms with E-state index in [4.69, 9.17) is 4.74 Å².